The normalized spacial score (nSPS) is 13.3. The van der Waals surface area contributed by atoms with Crippen molar-refractivity contribution in [3.8, 4) is 0 Å². The predicted molar refractivity (Wildman–Crippen MR) is 306 cm³/mol. The lowest BCUT2D eigenvalue weighted by atomic mass is 10.0. The van der Waals surface area contributed by atoms with E-state index in [1.165, 1.54) is 141 Å². The van der Waals surface area contributed by atoms with Crippen LogP contribution in [-0.4, -0.2) is 82.3 Å². The van der Waals surface area contributed by atoms with E-state index in [9.17, 15) is 19.5 Å². The van der Waals surface area contributed by atoms with Gasteiger partial charge in [-0.05, 0) is 64.2 Å². The molecule has 0 aliphatic carbocycles. The van der Waals surface area contributed by atoms with Gasteiger partial charge in [0.15, 0.2) is 12.4 Å². The summed E-state index contributed by atoms with van der Waals surface area (Å²) in [6.07, 6.45) is 68.1. The molecule has 0 saturated carbocycles. The Balaban J connectivity index is 4.26. The molecule has 0 aromatic rings. The van der Waals surface area contributed by atoms with E-state index in [-0.39, 0.29) is 38.6 Å². The summed E-state index contributed by atoms with van der Waals surface area (Å²) in [7, 11) is 5.91. The zero-order valence-corrected chi connectivity index (χ0v) is 48.0. The highest BCUT2D eigenvalue weighted by atomic mass is 16.7. The number of allylic oxidation sites excluding steroid dienone is 12. The molecule has 0 heterocycles. The average molecular weight is 1020 g/mol. The number of carboxylic acids is 1. The number of quaternary nitrogens is 1. The Morgan fingerprint density at radius 2 is 0.781 bits per heavy atom. The summed E-state index contributed by atoms with van der Waals surface area (Å²) in [6.45, 7) is 4.63. The number of likely N-dealkylation sites (N-methyl/N-ethyl adjacent to an activating group) is 1. The van der Waals surface area contributed by atoms with Gasteiger partial charge >= 0.3 is 11.9 Å². The van der Waals surface area contributed by atoms with Crippen LogP contribution in [0.5, 0.6) is 0 Å². The van der Waals surface area contributed by atoms with Gasteiger partial charge in [0.1, 0.15) is 13.2 Å². The summed E-state index contributed by atoms with van der Waals surface area (Å²) in [6, 6.07) is 0. The molecule has 0 N–H and O–H groups in total. The first-order valence-corrected chi connectivity index (χ1v) is 30.1. The second-order valence-electron chi connectivity index (χ2n) is 21.3. The zero-order valence-electron chi connectivity index (χ0n) is 48.0. The first-order chi connectivity index (χ1) is 35.6. The lowest BCUT2D eigenvalue weighted by Crippen LogP contribution is -2.44. The maximum atomic E-state index is 12.9. The van der Waals surface area contributed by atoms with E-state index in [0.717, 1.165) is 83.5 Å². The van der Waals surface area contributed by atoms with Gasteiger partial charge in [0.05, 0.1) is 40.3 Å². The zero-order chi connectivity index (χ0) is 53.4. The number of esters is 2. The topological polar surface area (TPSA) is 111 Å². The second-order valence-corrected chi connectivity index (χ2v) is 21.3. The number of ether oxygens (including phenoxy) is 4. The van der Waals surface area contributed by atoms with Gasteiger partial charge in [0.2, 0.25) is 0 Å². The van der Waals surface area contributed by atoms with Crippen molar-refractivity contribution >= 4 is 17.9 Å². The minimum absolute atomic E-state index is 0.140. The minimum atomic E-state index is -1.63. The maximum Gasteiger partial charge on any atom is 0.306 e. The van der Waals surface area contributed by atoms with Crippen molar-refractivity contribution in [3.05, 3.63) is 72.9 Å². The van der Waals surface area contributed by atoms with Gasteiger partial charge in [-0.2, -0.15) is 0 Å². The van der Waals surface area contributed by atoms with Crippen LogP contribution in [-0.2, 0) is 33.3 Å². The maximum absolute atomic E-state index is 12.9. The molecule has 0 rings (SSSR count). The Morgan fingerprint density at radius 3 is 1.16 bits per heavy atom. The van der Waals surface area contributed by atoms with Crippen LogP contribution in [0.4, 0.5) is 0 Å². The first kappa shape index (κ1) is 69.7. The molecule has 0 aromatic heterocycles. The van der Waals surface area contributed by atoms with Gasteiger partial charge in [-0.25, -0.2) is 0 Å². The van der Waals surface area contributed by atoms with Crippen LogP contribution in [0.25, 0.3) is 0 Å². The van der Waals surface area contributed by atoms with Crippen molar-refractivity contribution in [2.75, 3.05) is 47.5 Å². The summed E-state index contributed by atoms with van der Waals surface area (Å²) in [4.78, 5) is 37.3. The molecule has 2 atom stereocenters. The number of carboxylic acid groups (broad SMARTS) is 1. The van der Waals surface area contributed by atoms with Crippen molar-refractivity contribution in [2.45, 2.75) is 270 Å². The molecule has 0 amide bonds. The van der Waals surface area contributed by atoms with Gasteiger partial charge in [-0.1, -0.05) is 254 Å². The quantitative estimate of drug-likeness (QED) is 0.0195. The lowest BCUT2D eigenvalue weighted by molar-refractivity contribution is -0.870. The Bertz CT molecular complexity index is 1420. The molecule has 9 heteroatoms. The number of aliphatic carboxylic acids is 1. The SMILES string of the molecule is CC/C=C\C/C=C\C/C=C\C/C=C\C/C=C\C/C=C\CCCCCCC(=O)OC(COC(=O)CCCCCCCCCCCCCCCCCCCCCCCCCCC)COC(OCC[N+](C)(C)C)C(=O)[O-]. The van der Waals surface area contributed by atoms with E-state index >= 15 is 0 Å². The summed E-state index contributed by atoms with van der Waals surface area (Å²) < 4.78 is 22.7. The molecule has 0 spiro atoms. The summed E-state index contributed by atoms with van der Waals surface area (Å²) >= 11 is 0. The predicted octanol–water partition coefficient (Wildman–Crippen LogP) is 16.5. The Hall–Kier alpha value is -3.27. The fraction of sp³-hybridized carbons (Fsp3) is 0.766. The molecule has 0 aromatic carbocycles. The third-order valence-corrected chi connectivity index (χ3v) is 13.0. The van der Waals surface area contributed by atoms with Crippen molar-refractivity contribution in [1.82, 2.24) is 0 Å². The van der Waals surface area contributed by atoms with Crippen LogP contribution < -0.4 is 5.11 Å². The highest BCUT2D eigenvalue weighted by Crippen LogP contribution is 2.17. The van der Waals surface area contributed by atoms with E-state index in [2.05, 4.69) is 86.8 Å². The molecule has 0 bridgehead atoms. The van der Waals surface area contributed by atoms with Gasteiger partial charge in [-0.15, -0.1) is 0 Å². The largest absolute Gasteiger partial charge is 0.545 e. The number of hydrogen-bond acceptors (Lipinski definition) is 8. The number of unbranched alkanes of at least 4 members (excludes halogenated alkanes) is 28. The smallest absolute Gasteiger partial charge is 0.306 e. The Morgan fingerprint density at radius 1 is 0.425 bits per heavy atom. The monoisotopic (exact) mass is 1020 g/mol. The minimum Gasteiger partial charge on any atom is -0.545 e. The highest BCUT2D eigenvalue weighted by molar-refractivity contribution is 5.70. The Kier molecular flexibility index (Phi) is 52.5. The number of hydrogen-bond donors (Lipinski definition) is 0. The van der Waals surface area contributed by atoms with E-state index < -0.39 is 24.3 Å². The molecule has 9 nitrogen and oxygen atoms in total. The van der Waals surface area contributed by atoms with Crippen LogP contribution in [0.3, 0.4) is 0 Å². The molecule has 422 valence electrons. The number of rotatable bonds is 55. The van der Waals surface area contributed by atoms with E-state index in [4.69, 9.17) is 18.9 Å². The number of carbonyl (C=O) groups is 3. The molecule has 0 fully saturated rings. The van der Waals surface area contributed by atoms with Crippen molar-refractivity contribution in [2.24, 2.45) is 0 Å². The van der Waals surface area contributed by atoms with Crippen LogP contribution in [0.15, 0.2) is 72.9 Å². The van der Waals surface area contributed by atoms with Crippen LogP contribution in [0.2, 0.25) is 0 Å². The van der Waals surface area contributed by atoms with E-state index in [0.29, 0.717) is 17.4 Å². The van der Waals surface area contributed by atoms with Crippen molar-refractivity contribution in [3.63, 3.8) is 0 Å². The fourth-order valence-electron chi connectivity index (χ4n) is 8.36. The van der Waals surface area contributed by atoms with Gasteiger partial charge in [0.25, 0.3) is 0 Å². The molecule has 73 heavy (non-hydrogen) atoms. The average Bonchev–Trinajstić information content (AvgIpc) is 3.36. The first-order valence-electron chi connectivity index (χ1n) is 30.1. The van der Waals surface area contributed by atoms with E-state index in [1.54, 1.807) is 0 Å². The van der Waals surface area contributed by atoms with Crippen LogP contribution in [0, 0.1) is 0 Å². The molecular formula is C64H113NO8. The molecule has 2 unspecified atom stereocenters. The Labute approximate surface area is 449 Å². The second kappa shape index (κ2) is 55.0. The number of carbonyl (C=O) groups excluding carboxylic acids is 3. The van der Waals surface area contributed by atoms with Crippen LogP contribution in [0.1, 0.15) is 258 Å². The molecule has 0 aliphatic rings. The highest BCUT2D eigenvalue weighted by Gasteiger charge is 2.22. The lowest BCUT2D eigenvalue weighted by Gasteiger charge is -2.26. The van der Waals surface area contributed by atoms with Gasteiger partial charge in [-0.3, -0.25) is 9.59 Å². The molecule has 0 radical (unpaired) electrons. The third kappa shape index (κ3) is 56.3. The van der Waals surface area contributed by atoms with Crippen LogP contribution >= 0.6 is 0 Å². The standard InChI is InChI=1S/C64H113NO8/c1-6-8-10-12-14-16-18-20-22-24-26-28-30-31-33-34-36-38-40-42-44-46-48-50-52-54-61(66)71-58-60(59-72-64(63(68)69)70-57-56-65(3,4)5)73-62(67)55-53-51-49-47-45-43-41-39-37-35-32-29-27-25-23-21-19-17-15-13-11-9-7-2/h9,11,15,17,21,23,27,29,35,37,41,43,60,64H,6-8,10,12-14,16,18-20,22,24-26,28,30-34,36,38-40,42,44-59H2,1-5H3/b11-9-,17-15-,23-21-,29-27-,37-35-,43-41-. The number of nitrogens with zero attached hydrogens (tertiary/aromatic N) is 1. The fourth-order valence-corrected chi connectivity index (χ4v) is 8.36. The van der Waals surface area contributed by atoms with Crippen molar-refractivity contribution < 1.29 is 42.9 Å². The van der Waals surface area contributed by atoms with Gasteiger partial charge in [0, 0.05) is 12.8 Å². The molecular weight excluding hydrogens is 911 g/mol. The van der Waals surface area contributed by atoms with E-state index in [1.807, 2.05) is 21.1 Å². The molecule has 0 aliphatic heterocycles. The van der Waals surface area contributed by atoms with Crippen molar-refractivity contribution in [1.29, 1.82) is 0 Å². The summed E-state index contributed by atoms with van der Waals surface area (Å²) in [5.74, 6) is -2.31. The summed E-state index contributed by atoms with van der Waals surface area (Å²) in [5.41, 5.74) is 0. The third-order valence-electron chi connectivity index (χ3n) is 13.0. The summed E-state index contributed by atoms with van der Waals surface area (Å²) in [5, 5.41) is 11.8. The molecule has 0 saturated heterocycles. The van der Waals surface area contributed by atoms with Gasteiger partial charge < -0.3 is 33.3 Å².